The van der Waals surface area contributed by atoms with Crippen molar-refractivity contribution in [1.29, 1.82) is 0 Å². The fraction of sp³-hybridized carbons (Fsp3) is 0.632. The van der Waals surface area contributed by atoms with Crippen LogP contribution in [0.2, 0.25) is 0 Å². The van der Waals surface area contributed by atoms with Gasteiger partial charge in [-0.1, -0.05) is 6.07 Å². The summed E-state index contributed by atoms with van der Waals surface area (Å²) in [6.45, 7) is 2.18. The molecule has 1 atom stereocenters. The summed E-state index contributed by atoms with van der Waals surface area (Å²) in [5, 5.41) is 5.91. The quantitative estimate of drug-likeness (QED) is 0.711. The van der Waals surface area contributed by atoms with Gasteiger partial charge in [0.05, 0.1) is 19.3 Å². The molecule has 2 aliphatic rings. The molecule has 0 saturated carbocycles. The first-order valence-corrected chi connectivity index (χ1v) is 9.54. The number of aryl methyl sites for hydroxylation is 1. The van der Waals surface area contributed by atoms with Crippen LogP contribution < -0.4 is 15.4 Å². The number of nitrogens with zero attached hydrogens (tertiary/aromatic N) is 1. The summed E-state index contributed by atoms with van der Waals surface area (Å²) >= 11 is 0. The van der Waals surface area contributed by atoms with Crippen molar-refractivity contribution in [1.82, 2.24) is 15.5 Å². The average Bonchev–Trinajstić information content (AvgIpc) is 2.66. The van der Waals surface area contributed by atoms with Crippen LogP contribution in [-0.2, 0) is 11.2 Å². The van der Waals surface area contributed by atoms with E-state index >= 15 is 0 Å². The van der Waals surface area contributed by atoms with Crippen LogP contribution in [0.1, 0.15) is 36.4 Å². The second kappa shape index (κ2) is 9.85. The third-order valence-electron chi connectivity index (χ3n) is 5.00. The number of morpholine rings is 1. The Morgan fingerprint density at radius 3 is 2.93 bits per heavy atom. The number of carbonyl (C=O) groups excluding carboxylic acids is 1. The summed E-state index contributed by atoms with van der Waals surface area (Å²) in [7, 11) is 0. The van der Waals surface area contributed by atoms with Gasteiger partial charge in [0.25, 0.3) is 0 Å². The zero-order chi connectivity index (χ0) is 19.1. The molecule has 1 aliphatic heterocycles. The molecule has 0 spiro atoms. The Hall–Kier alpha value is -1.93. The third kappa shape index (κ3) is 6.04. The van der Waals surface area contributed by atoms with Crippen molar-refractivity contribution < 1.29 is 23.0 Å². The summed E-state index contributed by atoms with van der Waals surface area (Å²) < 4.78 is 34.5. The maximum atomic E-state index is 12.4. The minimum absolute atomic E-state index is 0.103. The SMILES string of the molecule is O=C(NCCCN1CCOCC1)NC1CCCc2cc(OC(F)F)ccc21. The molecule has 1 aromatic carbocycles. The molecule has 1 fully saturated rings. The molecule has 1 saturated heterocycles. The van der Waals surface area contributed by atoms with Crippen LogP contribution in [0.25, 0.3) is 0 Å². The van der Waals surface area contributed by atoms with E-state index in [1.807, 2.05) is 0 Å². The maximum absolute atomic E-state index is 12.4. The summed E-state index contributed by atoms with van der Waals surface area (Å²) in [5.74, 6) is 0.164. The molecule has 3 rings (SSSR count). The Kier molecular flexibility index (Phi) is 7.23. The number of hydrogen-bond donors (Lipinski definition) is 2. The number of carbonyl (C=O) groups is 1. The van der Waals surface area contributed by atoms with Crippen LogP contribution in [-0.4, -0.2) is 56.9 Å². The Morgan fingerprint density at radius 2 is 2.15 bits per heavy atom. The van der Waals surface area contributed by atoms with E-state index in [0.29, 0.717) is 6.54 Å². The Bertz CT molecular complexity index is 624. The first-order valence-electron chi connectivity index (χ1n) is 9.54. The van der Waals surface area contributed by atoms with Gasteiger partial charge in [0, 0.05) is 19.6 Å². The van der Waals surface area contributed by atoms with Crippen LogP contribution in [0.5, 0.6) is 5.75 Å². The van der Waals surface area contributed by atoms with E-state index in [9.17, 15) is 13.6 Å². The minimum Gasteiger partial charge on any atom is -0.435 e. The number of fused-ring (bicyclic) bond motifs is 1. The topological polar surface area (TPSA) is 62.8 Å². The number of halogens is 2. The molecular weight excluding hydrogens is 356 g/mol. The van der Waals surface area contributed by atoms with Crippen LogP contribution >= 0.6 is 0 Å². The van der Waals surface area contributed by atoms with E-state index < -0.39 is 6.61 Å². The van der Waals surface area contributed by atoms with Gasteiger partial charge in [-0.05, 0) is 55.5 Å². The number of rotatable bonds is 7. The van der Waals surface area contributed by atoms with Crippen molar-refractivity contribution in [2.75, 3.05) is 39.4 Å². The molecule has 0 aromatic heterocycles. The normalized spacial score (nSPS) is 20.2. The molecule has 1 unspecified atom stereocenters. The van der Waals surface area contributed by atoms with E-state index in [4.69, 9.17) is 4.74 Å². The highest BCUT2D eigenvalue weighted by atomic mass is 19.3. The van der Waals surface area contributed by atoms with Gasteiger partial charge in [-0.25, -0.2) is 4.79 Å². The Balaban J connectivity index is 1.44. The lowest BCUT2D eigenvalue weighted by Crippen LogP contribution is -2.41. The van der Waals surface area contributed by atoms with Gasteiger partial charge in [-0.2, -0.15) is 8.78 Å². The summed E-state index contributed by atoms with van der Waals surface area (Å²) in [6.07, 6.45) is 3.43. The fourth-order valence-electron chi connectivity index (χ4n) is 3.66. The number of urea groups is 1. The molecule has 0 radical (unpaired) electrons. The van der Waals surface area contributed by atoms with Gasteiger partial charge in [0.1, 0.15) is 5.75 Å². The van der Waals surface area contributed by atoms with E-state index in [1.165, 1.54) is 6.07 Å². The van der Waals surface area contributed by atoms with Crippen LogP contribution in [0.4, 0.5) is 13.6 Å². The molecule has 2 amide bonds. The van der Waals surface area contributed by atoms with Crippen LogP contribution in [0.15, 0.2) is 18.2 Å². The van der Waals surface area contributed by atoms with Gasteiger partial charge in [-0.15, -0.1) is 0 Å². The summed E-state index contributed by atoms with van der Waals surface area (Å²) in [6, 6.07) is 4.66. The standard InChI is InChI=1S/C19H27F2N3O3/c20-18(21)27-15-5-6-16-14(13-15)3-1-4-17(16)23-19(25)22-7-2-8-24-9-11-26-12-10-24/h5-6,13,17-18H,1-4,7-12H2,(H2,22,23,25). The number of hydrogen-bond acceptors (Lipinski definition) is 4. The van der Waals surface area contributed by atoms with E-state index in [1.54, 1.807) is 12.1 Å². The predicted molar refractivity (Wildman–Crippen MR) is 97.2 cm³/mol. The van der Waals surface area contributed by atoms with Gasteiger partial charge in [0.15, 0.2) is 0 Å². The minimum atomic E-state index is -2.83. The molecule has 1 heterocycles. The molecule has 6 nitrogen and oxygen atoms in total. The number of ether oxygens (including phenoxy) is 2. The Morgan fingerprint density at radius 1 is 1.33 bits per heavy atom. The number of amides is 2. The van der Waals surface area contributed by atoms with Crippen molar-refractivity contribution in [2.24, 2.45) is 0 Å². The molecule has 1 aromatic rings. The molecule has 0 bridgehead atoms. The zero-order valence-electron chi connectivity index (χ0n) is 15.4. The summed E-state index contributed by atoms with van der Waals surface area (Å²) in [4.78, 5) is 14.5. The molecular formula is C19H27F2N3O3. The summed E-state index contributed by atoms with van der Waals surface area (Å²) in [5.41, 5.74) is 1.93. The van der Waals surface area contributed by atoms with Crippen molar-refractivity contribution in [3.8, 4) is 5.75 Å². The second-order valence-electron chi connectivity index (χ2n) is 6.89. The average molecular weight is 383 g/mol. The largest absolute Gasteiger partial charge is 0.435 e. The molecule has 8 heteroatoms. The highest BCUT2D eigenvalue weighted by Gasteiger charge is 2.22. The first-order chi connectivity index (χ1) is 13.1. The first kappa shape index (κ1) is 19.8. The molecule has 150 valence electrons. The van der Waals surface area contributed by atoms with Crippen molar-refractivity contribution >= 4 is 6.03 Å². The molecule has 2 N–H and O–H groups in total. The van der Waals surface area contributed by atoms with Crippen molar-refractivity contribution in [2.45, 2.75) is 38.3 Å². The van der Waals surface area contributed by atoms with Gasteiger partial charge < -0.3 is 20.1 Å². The maximum Gasteiger partial charge on any atom is 0.387 e. The smallest absolute Gasteiger partial charge is 0.387 e. The van der Waals surface area contributed by atoms with Crippen LogP contribution in [0.3, 0.4) is 0 Å². The lowest BCUT2D eigenvalue weighted by atomic mass is 9.87. The zero-order valence-corrected chi connectivity index (χ0v) is 15.4. The van der Waals surface area contributed by atoms with Crippen molar-refractivity contribution in [3.05, 3.63) is 29.3 Å². The predicted octanol–water partition coefficient (Wildman–Crippen LogP) is 2.69. The van der Waals surface area contributed by atoms with E-state index in [0.717, 1.165) is 69.7 Å². The van der Waals surface area contributed by atoms with Crippen molar-refractivity contribution in [3.63, 3.8) is 0 Å². The number of nitrogens with one attached hydrogen (secondary N) is 2. The highest BCUT2D eigenvalue weighted by Crippen LogP contribution is 2.32. The third-order valence-corrected chi connectivity index (χ3v) is 5.00. The van der Waals surface area contributed by atoms with Gasteiger partial charge in [-0.3, -0.25) is 4.90 Å². The lowest BCUT2D eigenvalue weighted by Gasteiger charge is -2.27. The number of alkyl halides is 2. The van der Waals surface area contributed by atoms with E-state index in [-0.39, 0.29) is 17.8 Å². The number of benzene rings is 1. The highest BCUT2D eigenvalue weighted by molar-refractivity contribution is 5.74. The van der Waals surface area contributed by atoms with Crippen LogP contribution in [0, 0.1) is 0 Å². The molecule has 27 heavy (non-hydrogen) atoms. The monoisotopic (exact) mass is 383 g/mol. The second-order valence-corrected chi connectivity index (χ2v) is 6.89. The fourth-order valence-corrected chi connectivity index (χ4v) is 3.66. The van der Waals surface area contributed by atoms with Gasteiger partial charge in [0.2, 0.25) is 0 Å². The Labute approximate surface area is 158 Å². The van der Waals surface area contributed by atoms with Gasteiger partial charge >= 0.3 is 12.6 Å². The lowest BCUT2D eigenvalue weighted by molar-refractivity contribution is -0.0499. The molecule has 1 aliphatic carbocycles. The van der Waals surface area contributed by atoms with E-state index in [2.05, 4.69) is 20.3 Å².